The number of rotatable bonds is 1. The molecule has 0 aliphatic carbocycles. The Hall–Kier alpha value is -1.45. The van der Waals surface area contributed by atoms with Gasteiger partial charge >= 0.3 is 0 Å². The third kappa shape index (κ3) is 1.89. The van der Waals surface area contributed by atoms with Gasteiger partial charge in [-0.15, -0.1) is 12.4 Å². The molecule has 1 aliphatic heterocycles. The first kappa shape index (κ1) is 13.0. The minimum absolute atomic E-state index is 0. The van der Waals surface area contributed by atoms with Crippen LogP contribution in [0.25, 0.3) is 10.8 Å². The van der Waals surface area contributed by atoms with Gasteiger partial charge in [0.25, 0.3) is 0 Å². The summed E-state index contributed by atoms with van der Waals surface area (Å²) in [6, 6.07) is 10.3. The average molecular weight is 266 g/mol. The number of nitrogens with two attached hydrogens (primary N) is 1. The summed E-state index contributed by atoms with van der Waals surface area (Å²) in [6.45, 7) is 0.656. The largest absolute Gasteiger partial charge is 0.492 e. The van der Waals surface area contributed by atoms with E-state index in [2.05, 4.69) is 12.1 Å². The summed E-state index contributed by atoms with van der Waals surface area (Å²) in [6.07, 6.45) is 0.856. The molecule has 3 rings (SSSR count). The lowest BCUT2D eigenvalue weighted by atomic mass is 9.96. The fourth-order valence-electron chi connectivity index (χ4n) is 2.39. The highest BCUT2D eigenvalue weighted by atomic mass is 35.5. The summed E-state index contributed by atoms with van der Waals surface area (Å²) in [5, 5.41) is 2.21. The highest BCUT2D eigenvalue weighted by molar-refractivity contribution is 5.92. The molecule has 0 saturated heterocycles. The minimum atomic E-state index is 0. The molecule has 1 atom stereocenters. The Balaban J connectivity index is 0.00000120. The molecule has 4 heteroatoms. The van der Waals surface area contributed by atoms with Gasteiger partial charge in [-0.3, -0.25) is 0 Å². The molecule has 0 spiro atoms. The molecule has 0 saturated carbocycles. The van der Waals surface area contributed by atoms with Crippen LogP contribution >= 0.6 is 12.4 Å². The van der Waals surface area contributed by atoms with Crippen molar-refractivity contribution in [3.8, 4) is 11.5 Å². The maximum atomic E-state index is 6.13. The van der Waals surface area contributed by atoms with Crippen molar-refractivity contribution in [3.05, 3.63) is 35.9 Å². The molecule has 0 aromatic heterocycles. The van der Waals surface area contributed by atoms with Gasteiger partial charge in [0.05, 0.1) is 13.7 Å². The zero-order chi connectivity index (χ0) is 11.8. The fourth-order valence-corrected chi connectivity index (χ4v) is 2.39. The molecule has 2 N–H and O–H groups in total. The van der Waals surface area contributed by atoms with Gasteiger partial charge in [-0.25, -0.2) is 0 Å². The van der Waals surface area contributed by atoms with Gasteiger partial charge in [0.15, 0.2) is 11.5 Å². The quantitative estimate of drug-likeness (QED) is 0.862. The third-order valence-corrected chi connectivity index (χ3v) is 3.26. The number of halogens is 1. The lowest BCUT2D eigenvalue weighted by molar-refractivity contribution is 0.254. The zero-order valence-corrected chi connectivity index (χ0v) is 11.0. The van der Waals surface area contributed by atoms with Crippen LogP contribution in [-0.2, 0) is 0 Å². The van der Waals surface area contributed by atoms with Crippen LogP contribution in [-0.4, -0.2) is 13.7 Å². The summed E-state index contributed by atoms with van der Waals surface area (Å²) in [7, 11) is 1.67. The number of hydrogen-bond donors (Lipinski definition) is 1. The molecule has 2 aromatic rings. The van der Waals surface area contributed by atoms with E-state index in [4.69, 9.17) is 15.2 Å². The molecular formula is C14H16ClNO2. The first-order chi connectivity index (χ1) is 8.31. The number of ether oxygens (including phenoxy) is 2. The third-order valence-electron chi connectivity index (χ3n) is 3.26. The second-order valence-electron chi connectivity index (χ2n) is 4.29. The lowest BCUT2D eigenvalue weighted by Gasteiger charge is -2.25. The molecule has 0 fully saturated rings. The topological polar surface area (TPSA) is 44.5 Å². The molecule has 0 bridgehead atoms. The number of fused-ring (bicyclic) bond motifs is 2. The van der Waals surface area contributed by atoms with Gasteiger partial charge in [-0.05, 0) is 11.5 Å². The summed E-state index contributed by atoms with van der Waals surface area (Å²) in [5.41, 5.74) is 7.17. The zero-order valence-electron chi connectivity index (χ0n) is 10.2. The van der Waals surface area contributed by atoms with Gasteiger partial charge < -0.3 is 15.2 Å². The van der Waals surface area contributed by atoms with Gasteiger partial charge in [0, 0.05) is 23.4 Å². The van der Waals surface area contributed by atoms with Crippen molar-refractivity contribution in [2.45, 2.75) is 12.5 Å². The van der Waals surface area contributed by atoms with E-state index in [9.17, 15) is 0 Å². The van der Waals surface area contributed by atoms with Crippen LogP contribution < -0.4 is 15.2 Å². The lowest BCUT2D eigenvalue weighted by Crippen LogP contribution is -2.21. The molecule has 1 heterocycles. The summed E-state index contributed by atoms with van der Waals surface area (Å²) in [4.78, 5) is 0. The molecule has 0 amide bonds. The van der Waals surface area contributed by atoms with Crippen LogP contribution in [0.15, 0.2) is 30.3 Å². The number of methoxy groups -OCH3 is 1. The predicted octanol–water partition coefficient (Wildman–Crippen LogP) is 3.05. The minimum Gasteiger partial charge on any atom is -0.492 e. The summed E-state index contributed by atoms with van der Waals surface area (Å²) >= 11 is 0. The van der Waals surface area contributed by atoms with Crippen LogP contribution in [0.5, 0.6) is 11.5 Å². The van der Waals surface area contributed by atoms with E-state index in [1.165, 1.54) is 0 Å². The van der Waals surface area contributed by atoms with E-state index in [-0.39, 0.29) is 18.4 Å². The average Bonchev–Trinajstić information content (AvgIpc) is 2.37. The van der Waals surface area contributed by atoms with Gasteiger partial charge in [0.2, 0.25) is 0 Å². The van der Waals surface area contributed by atoms with Crippen LogP contribution in [0.3, 0.4) is 0 Å². The van der Waals surface area contributed by atoms with Crippen molar-refractivity contribution in [1.29, 1.82) is 0 Å². The second-order valence-corrected chi connectivity index (χ2v) is 4.29. The predicted molar refractivity (Wildman–Crippen MR) is 74.8 cm³/mol. The Bertz CT molecular complexity index is 571. The van der Waals surface area contributed by atoms with Crippen LogP contribution in [0.2, 0.25) is 0 Å². The smallest absolute Gasteiger partial charge is 0.168 e. The highest BCUT2D eigenvalue weighted by Gasteiger charge is 2.23. The Morgan fingerprint density at radius 2 is 2.11 bits per heavy atom. The SMILES string of the molecule is COc1c2c(cc3ccccc13)[C@@H](N)CCO2.Cl. The van der Waals surface area contributed by atoms with E-state index < -0.39 is 0 Å². The summed E-state index contributed by atoms with van der Waals surface area (Å²) < 4.78 is 11.2. The number of hydrogen-bond acceptors (Lipinski definition) is 3. The highest BCUT2D eigenvalue weighted by Crippen LogP contribution is 2.43. The second kappa shape index (κ2) is 5.04. The van der Waals surface area contributed by atoms with Crippen molar-refractivity contribution in [2.75, 3.05) is 13.7 Å². The normalized spacial score (nSPS) is 17.6. The van der Waals surface area contributed by atoms with Crippen molar-refractivity contribution >= 4 is 23.2 Å². The van der Waals surface area contributed by atoms with Crippen LogP contribution in [0.4, 0.5) is 0 Å². The maximum Gasteiger partial charge on any atom is 0.168 e. The molecule has 96 valence electrons. The van der Waals surface area contributed by atoms with Crippen LogP contribution in [0, 0.1) is 0 Å². The van der Waals surface area contributed by atoms with E-state index >= 15 is 0 Å². The van der Waals surface area contributed by atoms with Crippen molar-refractivity contribution < 1.29 is 9.47 Å². The standard InChI is InChI=1S/C14H15NO2.ClH/c1-16-13-10-5-3-2-4-9(10)8-11-12(15)6-7-17-14(11)13;/h2-5,8,12H,6-7,15H2,1H3;1H/t12-;/m0./s1. The van der Waals surface area contributed by atoms with Crippen molar-refractivity contribution in [3.63, 3.8) is 0 Å². The summed E-state index contributed by atoms with van der Waals surface area (Å²) in [5.74, 6) is 1.61. The monoisotopic (exact) mass is 265 g/mol. The van der Waals surface area contributed by atoms with Gasteiger partial charge in [-0.1, -0.05) is 24.3 Å². The molecule has 2 aromatic carbocycles. The number of benzene rings is 2. The van der Waals surface area contributed by atoms with Crippen molar-refractivity contribution in [2.24, 2.45) is 5.73 Å². The van der Waals surface area contributed by atoms with E-state index in [0.717, 1.165) is 34.3 Å². The van der Waals surface area contributed by atoms with Gasteiger partial charge in [0.1, 0.15) is 0 Å². The maximum absolute atomic E-state index is 6.13. The van der Waals surface area contributed by atoms with Crippen molar-refractivity contribution in [1.82, 2.24) is 0 Å². The van der Waals surface area contributed by atoms with Crippen LogP contribution in [0.1, 0.15) is 18.0 Å². The fraction of sp³-hybridized carbons (Fsp3) is 0.286. The Morgan fingerprint density at radius 3 is 2.89 bits per heavy atom. The molecular weight excluding hydrogens is 250 g/mol. The molecule has 1 aliphatic rings. The Labute approximate surface area is 112 Å². The molecule has 18 heavy (non-hydrogen) atoms. The Kier molecular flexibility index (Phi) is 3.64. The first-order valence-corrected chi connectivity index (χ1v) is 5.79. The molecule has 0 radical (unpaired) electrons. The van der Waals surface area contributed by atoms with E-state index in [1.807, 2.05) is 18.2 Å². The van der Waals surface area contributed by atoms with E-state index in [1.54, 1.807) is 7.11 Å². The molecule has 3 nitrogen and oxygen atoms in total. The first-order valence-electron chi connectivity index (χ1n) is 5.79. The van der Waals surface area contributed by atoms with Gasteiger partial charge in [-0.2, -0.15) is 0 Å². The van der Waals surface area contributed by atoms with E-state index in [0.29, 0.717) is 6.61 Å². The Morgan fingerprint density at radius 1 is 1.33 bits per heavy atom. The molecule has 0 unspecified atom stereocenters.